The van der Waals surface area contributed by atoms with Crippen LogP contribution in [0.1, 0.15) is 32.1 Å². The molecular weight excluding hydrogens is 256 g/mol. The van der Waals surface area contributed by atoms with Gasteiger partial charge in [0.25, 0.3) is 0 Å². The van der Waals surface area contributed by atoms with Crippen LogP contribution in [0.2, 0.25) is 0 Å². The van der Waals surface area contributed by atoms with Gasteiger partial charge >= 0.3 is 0 Å². The van der Waals surface area contributed by atoms with E-state index in [0.717, 1.165) is 18.5 Å². The van der Waals surface area contributed by atoms with Crippen molar-refractivity contribution in [3.63, 3.8) is 0 Å². The molecule has 0 unspecified atom stereocenters. The smallest absolute Gasteiger partial charge is 0.195 e. The molecule has 0 aliphatic heterocycles. The Kier molecular flexibility index (Phi) is 5.15. The molecular formula is C14H20N4S. The standard InChI is InChI=1S/C14H20N4S/c15-13(16-11-7-3-1-4-8-11)18-14(19)17-12-9-5-2-6-10-12/h2,5-6,9-11H,1,3-4,7-8H2,(H4,15,16,17,18,19). The molecule has 1 aromatic carbocycles. The molecule has 1 aliphatic carbocycles. The lowest BCUT2D eigenvalue weighted by Gasteiger charge is -2.18. The van der Waals surface area contributed by atoms with Crippen LogP contribution in [0.4, 0.5) is 5.69 Å². The number of nitrogens with two attached hydrogens (primary N) is 1. The van der Waals surface area contributed by atoms with Crippen LogP contribution in [0, 0.1) is 0 Å². The van der Waals surface area contributed by atoms with Crippen LogP contribution in [0.25, 0.3) is 0 Å². The van der Waals surface area contributed by atoms with Crippen molar-refractivity contribution in [3.8, 4) is 0 Å². The van der Waals surface area contributed by atoms with Crippen LogP contribution in [-0.4, -0.2) is 17.1 Å². The van der Waals surface area contributed by atoms with Gasteiger partial charge in [0.1, 0.15) is 0 Å². The summed E-state index contributed by atoms with van der Waals surface area (Å²) in [5.41, 5.74) is 6.81. The number of hydrogen-bond acceptors (Lipinski definition) is 2. The van der Waals surface area contributed by atoms with Gasteiger partial charge in [-0.1, -0.05) is 37.5 Å². The van der Waals surface area contributed by atoms with E-state index in [0.29, 0.717) is 17.1 Å². The zero-order valence-corrected chi connectivity index (χ0v) is 11.7. The average molecular weight is 276 g/mol. The van der Waals surface area contributed by atoms with Crippen molar-refractivity contribution >= 4 is 29.0 Å². The highest BCUT2D eigenvalue weighted by atomic mass is 32.1. The summed E-state index contributed by atoms with van der Waals surface area (Å²) in [6.07, 6.45) is 6.05. The predicted molar refractivity (Wildman–Crippen MR) is 84.3 cm³/mol. The molecule has 0 heterocycles. The quantitative estimate of drug-likeness (QED) is 0.441. The van der Waals surface area contributed by atoms with E-state index in [9.17, 15) is 0 Å². The van der Waals surface area contributed by atoms with Crippen LogP contribution >= 0.6 is 12.2 Å². The Morgan fingerprint density at radius 2 is 1.84 bits per heavy atom. The minimum absolute atomic E-state index is 0.348. The molecule has 0 saturated heterocycles. The van der Waals surface area contributed by atoms with Crippen molar-refractivity contribution in [2.75, 3.05) is 5.32 Å². The molecule has 0 aromatic heterocycles. The largest absolute Gasteiger partial charge is 0.370 e. The van der Waals surface area contributed by atoms with Crippen molar-refractivity contribution in [2.45, 2.75) is 38.1 Å². The number of aliphatic imine (C=N–C) groups is 1. The molecule has 0 bridgehead atoms. The van der Waals surface area contributed by atoms with E-state index in [2.05, 4.69) is 15.6 Å². The SMILES string of the molecule is NC(=NC1CCCCC1)NC(=S)Nc1ccccc1. The molecule has 1 aromatic rings. The van der Waals surface area contributed by atoms with Crippen molar-refractivity contribution in [2.24, 2.45) is 10.7 Å². The highest BCUT2D eigenvalue weighted by molar-refractivity contribution is 7.80. The Balaban J connectivity index is 1.82. The average Bonchev–Trinajstić information content (AvgIpc) is 2.40. The van der Waals surface area contributed by atoms with Gasteiger partial charge in [-0.15, -0.1) is 0 Å². The fourth-order valence-electron chi connectivity index (χ4n) is 2.24. The third kappa shape index (κ3) is 4.87. The van der Waals surface area contributed by atoms with E-state index in [1.54, 1.807) is 0 Å². The second kappa shape index (κ2) is 7.09. The van der Waals surface area contributed by atoms with Gasteiger partial charge in [-0.3, -0.25) is 0 Å². The number of para-hydroxylation sites is 1. The summed E-state index contributed by atoms with van der Waals surface area (Å²) in [6, 6.07) is 10.1. The molecule has 4 nitrogen and oxygen atoms in total. The predicted octanol–water partition coefficient (Wildman–Crippen LogP) is 2.62. The van der Waals surface area contributed by atoms with Crippen LogP contribution in [-0.2, 0) is 0 Å². The maximum atomic E-state index is 5.87. The molecule has 0 amide bonds. The minimum atomic E-state index is 0.348. The maximum Gasteiger partial charge on any atom is 0.195 e. The number of benzene rings is 1. The van der Waals surface area contributed by atoms with Crippen LogP contribution in [0.3, 0.4) is 0 Å². The Labute approximate surface area is 119 Å². The van der Waals surface area contributed by atoms with E-state index >= 15 is 0 Å². The molecule has 102 valence electrons. The Morgan fingerprint density at radius 1 is 1.16 bits per heavy atom. The third-order valence-electron chi connectivity index (χ3n) is 3.17. The summed E-state index contributed by atoms with van der Waals surface area (Å²) < 4.78 is 0. The molecule has 4 N–H and O–H groups in total. The Bertz CT molecular complexity index is 438. The molecule has 5 heteroatoms. The molecule has 1 saturated carbocycles. The van der Waals surface area contributed by atoms with Gasteiger partial charge in [0, 0.05) is 5.69 Å². The highest BCUT2D eigenvalue weighted by Gasteiger charge is 2.12. The lowest BCUT2D eigenvalue weighted by Crippen LogP contribution is -2.40. The van der Waals surface area contributed by atoms with Crippen molar-refractivity contribution in [1.82, 2.24) is 5.32 Å². The van der Waals surface area contributed by atoms with Gasteiger partial charge in [0.15, 0.2) is 11.1 Å². The van der Waals surface area contributed by atoms with Crippen molar-refractivity contribution < 1.29 is 0 Å². The number of thiocarbonyl (C=S) groups is 1. The summed E-state index contributed by atoms with van der Waals surface area (Å²) in [7, 11) is 0. The normalized spacial score (nSPS) is 16.9. The van der Waals surface area contributed by atoms with Crippen molar-refractivity contribution in [1.29, 1.82) is 0 Å². The first-order chi connectivity index (χ1) is 9.24. The zero-order valence-electron chi connectivity index (χ0n) is 10.9. The van der Waals surface area contributed by atoms with Gasteiger partial charge < -0.3 is 16.4 Å². The van der Waals surface area contributed by atoms with E-state index < -0.39 is 0 Å². The fourth-order valence-corrected chi connectivity index (χ4v) is 2.46. The first-order valence-corrected chi connectivity index (χ1v) is 7.11. The maximum absolute atomic E-state index is 5.87. The topological polar surface area (TPSA) is 62.4 Å². The molecule has 2 rings (SSSR count). The van der Waals surface area contributed by atoms with Gasteiger partial charge in [0.05, 0.1) is 6.04 Å². The lowest BCUT2D eigenvalue weighted by atomic mass is 9.96. The number of guanidine groups is 1. The summed E-state index contributed by atoms with van der Waals surface area (Å²) >= 11 is 5.20. The summed E-state index contributed by atoms with van der Waals surface area (Å²) in [5, 5.41) is 6.47. The van der Waals surface area contributed by atoms with Crippen LogP contribution < -0.4 is 16.4 Å². The van der Waals surface area contributed by atoms with Crippen molar-refractivity contribution in [3.05, 3.63) is 30.3 Å². The molecule has 0 radical (unpaired) electrons. The second-order valence-corrected chi connectivity index (χ2v) is 5.16. The first kappa shape index (κ1) is 13.8. The zero-order chi connectivity index (χ0) is 13.5. The summed E-state index contributed by atoms with van der Waals surface area (Å²) in [6.45, 7) is 0. The fraction of sp³-hybridized carbons (Fsp3) is 0.429. The van der Waals surface area contributed by atoms with Gasteiger partial charge in [0.2, 0.25) is 0 Å². The molecule has 0 spiro atoms. The lowest BCUT2D eigenvalue weighted by molar-refractivity contribution is 0.442. The molecule has 0 atom stereocenters. The van der Waals surface area contributed by atoms with Gasteiger partial charge in [-0.25, -0.2) is 4.99 Å². The Morgan fingerprint density at radius 3 is 2.53 bits per heavy atom. The summed E-state index contributed by atoms with van der Waals surface area (Å²) in [4.78, 5) is 4.47. The number of anilines is 1. The van der Waals surface area contributed by atoms with E-state index in [1.807, 2.05) is 30.3 Å². The monoisotopic (exact) mass is 276 g/mol. The number of nitrogens with zero attached hydrogens (tertiary/aromatic N) is 1. The molecule has 1 aliphatic rings. The van der Waals surface area contributed by atoms with Crippen LogP contribution in [0.15, 0.2) is 35.3 Å². The Hall–Kier alpha value is -1.62. The molecule has 19 heavy (non-hydrogen) atoms. The van der Waals surface area contributed by atoms with E-state index in [-0.39, 0.29) is 0 Å². The minimum Gasteiger partial charge on any atom is -0.370 e. The second-order valence-electron chi connectivity index (χ2n) is 4.75. The van der Waals surface area contributed by atoms with Gasteiger partial charge in [-0.05, 0) is 37.2 Å². The summed E-state index contributed by atoms with van der Waals surface area (Å²) in [5.74, 6) is 0.403. The highest BCUT2D eigenvalue weighted by Crippen LogP contribution is 2.19. The van der Waals surface area contributed by atoms with E-state index in [4.69, 9.17) is 18.0 Å². The third-order valence-corrected chi connectivity index (χ3v) is 3.37. The van der Waals surface area contributed by atoms with Crippen LogP contribution in [0.5, 0.6) is 0 Å². The van der Waals surface area contributed by atoms with Gasteiger partial charge in [-0.2, -0.15) is 0 Å². The number of hydrogen-bond donors (Lipinski definition) is 3. The number of rotatable bonds is 2. The number of nitrogens with one attached hydrogen (secondary N) is 2. The molecule has 1 fully saturated rings. The first-order valence-electron chi connectivity index (χ1n) is 6.70. The van der Waals surface area contributed by atoms with E-state index in [1.165, 1.54) is 19.3 Å².